The Labute approximate surface area is 165 Å². The molecule has 0 spiro atoms. The minimum Gasteiger partial charge on any atom is -0.368 e. The van der Waals surface area contributed by atoms with Gasteiger partial charge in [0.05, 0.1) is 5.25 Å². The Kier molecular flexibility index (Phi) is 5.21. The van der Waals surface area contributed by atoms with Crippen LogP contribution in [0.15, 0.2) is 53.5 Å². The van der Waals surface area contributed by atoms with Crippen molar-refractivity contribution in [1.29, 1.82) is 0 Å². The van der Waals surface area contributed by atoms with Crippen LogP contribution in [-0.4, -0.2) is 47.4 Å². The van der Waals surface area contributed by atoms with Crippen molar-refractivity contribution in [2.75, 3.05) is 31.1 Å². The summed E-state index contributed by atoms with van der Waals surface area (Å²) in [4.78, 5) is 21.4. The molecule has 140 valence electrons. The molecule has 4 rings (SSSR count). The van der Waals surface area contributed by atoms with Crippen molar-refractivity contribution < 1.29 is 4.79 Å². The van der Waals surface area contributed by atoms with E-state index in [1.165, 1.54) is 22.4 Å². The second-order valence-electron chi connectivity index (χ2n) is 7.34. The van der Waals surface area contributed by atoms with Gasteiger partial charge in [0.2, 0.25) is 0 Å². The van der Waals surface area contributed by atoms with E-state index in [1.54, 1.807) is 11.8 Å². The molecule has 2 aliphatic heterocycles. The average Bonchev–Trinajstić information content (AvgIpc) is 3.04. The summed E-state index contributed by atoms with van der Waals surface area (Å²) >= 11 is 1.63. The van der Waals surface area contributed by atoms with Gasteiger partial charge in [-0.05, 0) is 43.5 Å². The van der Waals surface area contributed by atoms with Gasteiger partial charge in [-0.25, -0.2) is 0 Å². The van der Waals surface area contributed by atoms with Crippen LogP contribution in [0.3, 0.4) is 0 Å². The maximum atomic E-state index is 12.4. The van der Waals surface area contributed by atoms with Crippen LogP contribution in [0.1, 0.15) is 16.7 Å². The van der Waals surface area contributed by atoms with Crippen LogP contribution in [0.4, 0.5) is 5.69 Å². The summed E-state index contributed by atoms with van der Waals surface area (Å²) in [5, 5.41) is 0.818. The highest BCUT2D eigenvalue weighted by Gasteiger charge is 2.32. The number of piperazine rings is 1. The van der Waals surface area contributed by atoms with E-state index in [4.69, 9.17) is 0 Å². The Morgan fingerprint density at radius 2 is 1.67 bits per heavy atom. The fraction of sp³-hybridized carbons (Fsp3) is 0.364. The number of hydrogen-bond donors (Lipinski definition) is 0. The molecular weight excluding hydrogens is 354 g/mol. The lowest BCUT2D eigenvalue weighted by Gasteiger charge is -2.37. The average molecular weight is 380 g/mol. The quantitative estimate of drug-likeness (QED) is 0.815. The third kappa shape index (κ3) is 4.19. The molecule has 0 radical (unpaired) electrons. The molecule has 0 aromatic heterocycles. The van der Waals surface area contributed by atoms with Crippen molar-refractivity contribution in [2.24, 2.45) is 4.99 Å². The van der Waals surface area contributed by atoms with Gasteiger partial charge in [0, 0.05) is 31.9 Å². The highest BCUT2D eigenvalue weighted by molar-refractivity contribution is 8.15. The zero-order valence-corrected chi connectivity index (χ0v) is 16.7. The van der Waals surface area contributed by atoms with Crippen LogP contribution < -0.4 is 4.90 Å². The SMILES string of the molecule is Cc1ccc(CC2SC(N3CCN(c4cccc(C)c4)CC3)=NC2=O)cc1. The van der Waals surface area contributed by atoms with Crippen LogP contribution in [0.25, 0.3) is 0 Å². The van der Waals surface area contributed by atoms with E-state index in [0.29, 0.717) is 0 Å². The van der Waals surface area contributed by atoms with Crippen molar-refractivity contribution in [2.45, 2.75) is 25.5 Å². The fourth-order valence-electron chi connectivity index (χ4n) is 3.56. The molecule has 2 aliphatic rings. The summed E-state index contributed by atoms with van der Waals surface area (Å²) in [7, 11) is 0. The number of aryl methyl sites for hydroxylation is 2. The summed E-state index contributed by atoms with van der Waals surface area (Å²) in [6.07, 6.45) is 0.750. The molecule has 4 nitrogen and oxygen atoms in total. The molecule has 2 aromatic rings. The highest BCUT2D eigenvalue weighted by atomic mass is 32.2. The Hall–Kier alpha value is -2.27. The van der Waals surface area contributed by atoms with E-state index in [1.807, 2.05) is 0 Å². The van der Waals surface area contributed by atoms with Crippen LogP contribution in [0.2, 0.25) is 0 Å². The molecule has 1 amide bonds. The standard InChI is InChI=1S/C22H25N3OS/c1-16-6-8-18(9-7-16)15-20-21(26)23-22(27-20)25-12-10-24(11-13-25)19-5-3-4-17(2)14-19/h3-9,14,20H,10-13,15H2,1-2H3. The summed E-state index contributed by atoms with van der Waals surface area (Å²) < 4.78 is 0. The van der Waals surface area contributed by atoms with E-state index < -0.39 is 0 Å². The number of benzene rings is 2. The van der Waals surface area contributed by atoms with Gasteiger partial charge in [-0.3, -0.25) is 4.79 Å². The van der Waals surface area contributed by atoms with Crippen molar-refractivity contribution in [3.63, 3.8) is 0 Å². The molecule has 1 atom stereocenters. The molecule has 0 saturated carbocycles. The maximum Gasteiger partial charge on any atom is 0.262 e. The lowest BCUT2D eigenvalue weighted by molar-refractivity contribution is -0.117. The Balaban J connectivity index is 1.34. The number of anilines is 1. The monoisotopic (exact) mass is 379 g/mol. The van der Waals surface area contributed by atoms with Crippen molar-refractivity contribution >= 4 is 28.5 Å². The first-order valence-electron chi connectivity index (χ1n) is 9.50. The molecule has 1 fully saturated rings. The second-order valence-corrected chi connectivity index (χ2v) is 8.51. The summed E-state index contributed by atoms with van der Waals surface area (Å²) in [5.74, 6) is 0.0108. The molecule has 0 aliphatic carbocycles. The van der Waals surface area contributed by atoms with Crippen molar-refractivity contribution in [3.05, 3.63) is 65.2 Å². The molecule has 0 bridgehead atoms. The number of carbonyl (C=O) groups is 1. The predicted molar refractivity (Wildman–Crippen MR) is 114 cm³/mol. The van der Waals surface area contributed by atoms with E-state index in [2.05, 4.69) is 77.2 Å². The molecular formula is C22H25N3OS. The van der Waals surface area contributed by atoms with Crippen molar-refractivity contribution in [3.8, 4) is 0 Å². The van der Waals surface area contributed by atoms with E-state index >= 15 is 0 Å². The highest BCUT2D eigenvalue weighted by Crippen LogP contribution is 2.29. The Bertz CT molecular complexity index is 854. The zero-order valence-electron chi connectivity index (χ0n) is 15.9. The number of hydrogen-bond acceptors (Lipinski definition) is 4. The van der Waals surface area contributed by atoms with Gasteiger partial charge in [0.25, 0.3) is 5.91 Å². The number of amides is 1. The summed E-state index contributed by atoms with van der Waals surface area (Å²) in [5.41, 5.74) is 5.01. The third-order valence-corrected chi connectivity index (χ3v) is 6.40. The van der Waals surface area contributed by atoms with Gasteiger partial charge < -0.3 is 9.80 Å². The predicted octanol–water partition coefficient (Wildman–Crippen LogP) is 3.67. The first kappa shape index (κ1) is 18.1. The number of thioether (sulfide) groups is 1. The summed E-state index contributed by atoms with van der Waals surface area (Å²) in [6.45, 7) is 7.94. The number of aliphatic imine (C=N–C) groups is 1. The summed E-state index contributed by atoms with van der Waals surface area (Å²) in [6, 6.07) is 17.1. The van der Waals surface area contributed by atoms with Gasteiger partial charge in [-0.1, -0.05) is 53.7 Å². The molecule has 0 N–H and O–H groups in total. The van der Waals surface area contributed by atoms with E-state index in [-0.39, 0.29) is 11.2 Å². The maximum absolute atomic E-state index is 12.4. The first-order chi connectivity index (χ1) is 13.1. The Morgan fingerprint density at radius 1 is 0.963 bits per heavy atom. The van der Waals surface area contributed by atoms with Crippen molar-refractivity contribution in [1.82, 2.24) is 4.90 Å². The minimum absolute atomic E-state index is 0.0108. The fourth-order valence-corrected chi connectivity index (χ4v) is 4.72. The van der Waals surface area contributed by atoms with Gasteiger partial charge in [0.1, 0.15) is 0 Å². The molecule has 5 heteroatoms. The molecule has 2 heterocycles. The molecule has 1 unspecified atom stereocenters. The first-order valence-corrected chi connectivity index (χ1v) is 10.4. The van der Waals surface area contributed by atoms with E-state index in [0.717, 1.165) is 37.8 Å². The molecule has 1 saturated heterocycles. The normalized spacial score (nSPS) is 20.1. The zero-order chi connectivity index (χ0) is 18.8. The van der Waals surface area contributed by atoms with Crippen LogP contribution >= 0.6 is 11.8 Å². The lowest BCUT2D eigenvalue weighted by atomic mass is 10.1. The minimum atomic E-state index is -0.0856. The van der Waals surface area contributed by atoms with Crippen LogP contribution in [0, 0.1) is 13.8 Å². The van der Waals surface area contributed by atoms with Crippen LogP contribution in [0.5, 0.6) is 0 Å². The van der Waals surface area contributed by atoms with Gasteiger partial charge in [-0.2, -0.15) is 4.99 Å². The number of nitrogens with zero attached hydrogens (tertiary/aromatic N) is 3. The molecule has 2 aromatic carbocycles. The topological polar surface area (TPSA) is 35.9 Å². The Morgan fingerprint density at radius 3 is 2.37 bits per heavy atom. The smallest absolute Gasteiger partial charge is 0.262 e. The van der Waals surface area contributed by atoms with Gasteiger partial charge in [0.15, 0.2) is 5.17 Å². The number of amidine groups is 1. The lowest BCUT2D eigenvalue weighted by Crippen LogP contribution is -2.48. The largest absolute Gasteiger partial charge is 0.368 e. The van der Waals surface area contributed by atoms with Gasteiger partial charge in [-0.15, -0.1) is 0 Å². The second kappa shape index (κ2) is 7.77. The van der Waals surface area contributed by atoms with Crippen LogP contribution in [-0.2, 0) is 11.2 Å². The van der Waals surface area contributed by atoms with Gasteiger partial charge >= 0.3 is 0 Å². The van der Waals surface area contributed by atoms with E-state index in [9.17, 15) is 4.79 Å². The molecule has 27 heavy (non-hydrogen) atoms. The number of rotatable bonds is 3. The third-order valence-electron chi connectivity index (χ3n) is 5.19. The number of carbonyl (C=O) groups excluding carboxylic acids is 1.